The zero-order valence-corrected chi connectivity index (χ0v) is 10.7. The third kappa shape index (κ3) is 3.93. The first-order valence-electron chi connectivity index (χ1n) is 5.87. The largest absolute Gasteiger partial charge is 0.367 e. The highest BCUT2D eigenvalue weighted by Crippen LogP contribution is 2.10. The maximum atomic E-state index is 11.6. The number of rotatable bonds is 5. The van der Waals surface area contributed by atoms with Crippen LogP contribution in [0.2, 0.25) is 5.02 Å². The number of H-pyrrole nitrogens is 1. The van der Waals surface area contributed by atoms with Crippen molar-refractivity contribution < 1.29 is 4.79 Å². The molecular weight excluding hydrogens is 248 g/mol. The van der Waals surface area contributed by atoms with Crippen LogP contribution in [-0.4, -0.2) is 17.4 Å². The molecule has 1 aromatic carbocycles. The van der Waals surface area contributed by atoms with Crippen LogP contribution < -0.4 is 5.32 Å². The number of hydrogen-bond donors (Lipinski definition) is 2. The van der Waals surface area contributed by atoms with E-state index in [9.17, 15) is 4.79 Å². The van der Waals surface area contributed by atoms with Gasteiger partial charge in [0.25, 0.3) is 0 Å². The summed E-state index contributed by atoms with van der Waals surface area (Å²) in [7, 11) is 0. The Hall–Kier alpha value is -1.74. The van der Waals surface area contributed by atoms with Crippen LogP contribution >= 0.6 is 11.6 Å². The van der Waals surface area contributed by atoms with E-state index in [0.717, 1.165) is 22.6 Å². The minimum absolute atomic E-state index is 0.0385. The number of nitrogens with one attached hydrogen (secondary N) is 2. The summed E-state index contributed by atoms with van der Waals surface area (Å²) in [6.45, 7) is 0.629. The van der Waals surface area contributed by atoms with Crippen LogP contribution in [0.1, 0.15) is 11.1 Å². The molecule has 1 aromatic heterocycles. The number of amides is 1. The lowest BCUT2D eigenvalue weighted by Crippen LogP contribution is -2.27. The van der Waals surface area contributed by atoms with Gasteiger partial charge in [0.2, 0.25) is 5.91 Å². The van der Waals surface area contributed by atoms with Crippen LogP contribution in [0.15, 0.2) is 42.7 Å². The average molecular weight is 263 g/mol. The van der Waals surface area contributed by atoms with E-state index in [4.69, 9.17) is 11.6 Å². The highest BCUT2D eigenvalue weighted by molar-refractivity contribution is 6.30. The molecule has 18 heavy (non-hydrogen) atoms. The molecule has 0 bridgehead atoms. The van der Waals surface area contributed by atoms with Crippen LogP contribution in [0.5, 0.6) is 0 Å². The van der Waals surface area contributed by atoms with Crippen molar-refractivity contribution >= 4 is 17.5 Å². The van der Waals surface area contributed by atoms with E-state index in [1.54, 1.807) is 0 Å². The lowest BCUT2D eigenvalue weighted by molar-refractivity contribution is -0.120. The van der Waals surface area contributed by atoms with E-state index in [0.29, 0.717) is 13.0 Å². The van der Waals surface area contributed by atoms with Gasteiger partial charge in [-0.25, -0.2) is 0 Å². The highest BCUT2D eigenvalue weighted by atomic mass is 35.5. The SMILES string of the molecule is O=C(Cc1cc[nH]c1)NCCc1cccc(Cl)c1. The maximum Gasteiger partial charge on any atom is 0.224 e. The summed E-state index contributed by atoms with van der Waals surface area (Å²) in [5.74, 6) is 0.0385. The zero-order valence-electron chi connectivity index (χ0n) is 9.95. The highest BCUT2D eigenvalue weighted by Gasteiger charge is 2.03. The average Bonchev–Trinajstić information content (AvgIpc) is 2.82. The Morgan fingerprint density at radius 3 is 2.89 bits per heavy atom. The van der Waals surface area contributed by atoms with Crippen molar-refractivity contribution in [1.82, 2.24) is 10.3 Å². The molecule has 0 unspecified atom stereocenters. The lowest BCUT2D eigenvalue weighted by atomic mass is 10.1. The van der Waals surface area contributed by atoms with Gasteiger partial charge in [-0.1, -0.05) is 23.7 Å². The second-order valence-corrected chi connectivity index (χ2v) is 4.56. The van der Waals surface area contributed by atoms with Gasteiger partial charge in [-0.2, -0.15) is 0 Å². The van der Waals surface area contributed by atoms with Crippen molar-refractivity contribution in [2.75, 3.05) is 6.54 Å². The van der Waals surface area contributed by atoms with Crippen molar-refractivity contribution in [3.63, 3.8) is 0 Å². The van der Waals surface area contributed by atoms with E-state index in [2.05, 4.69) is 10.3 Å². The fraction of sp³-hybridized carbons (Fsp3) is 0.214. The maximum absolute atomic E-state index is 11.6. The molecule has 0 saturated heterocycles. The second kappa shape index (κ2) is 6.26. The fourth-order valence-electron chi connectivity index (χ4n) is 1.75. The van der Waals surface area contributed by atoms with Gasteiger partial charge in [-0.15, -0.1) is 0 Å². The molecule has 4 heteroatoms. The van der Waals surface area contributed by atoms with Gasteiger partial charge in [0, 0.05) is 24.0 Å². The van der Waals surface area contributed by atoms with Gasteiger partial charge in [0.1, 0.15) is 0 Å². The van der Waals surface area contributed by atoms with Gasteiger partial charge >= 0.3 is 0 Å². The summed E-state index contributed by atoms with van der Waals surface area (Å²) in [6.07, 6.45) is 4.85. The topological polar surface area (TPSA) is 44.9 Å². The number of aromatic nitrogens is 1. The van der Waals surface area contributed by atoms with E-state index in [-0.39, 0.29) is 5.91 Å². The predicted octanol–water partition coefficient (Wildman–Crippen LogP) is 2.57. The monoisotopic (exact) mass is 262 g/mol. The van der Waals surface area contributed by atoms with Gasteiger partial charge in [-0.3, -0.25) is 4.79 Å². The Morgan fingerprint density at radius 2 is 2.17 bits per heavy atom. The van der Waals surface area contributed by atoms with Crippen LogP contribution in [0.4, 0.5) is 0 Å². The minimum Gasteiger partial charge on any atom is -0.367 e. The standard InChI is InChI=1S/C14H15ClN2O/c15-13-3-1-2-11(8-13)5-7-17-14(18)9-12-4-6-16-10-12/h1-4,6,8,10,16H,5,7,9H2,(H,17,18). The number of benzene rings is 1. The van der Waals surface area contributed by atoms with E-state index < -0.39 is 0 Å². The van der Waals surface area contributed by atoms with Gasteiger partial charge in [-0.05, 0) is 35.7 Å². The van der Waals surface area contributed by atoms with Gasteiger partial charge in [0.05, 0.1) is 6.42 Å². The smallest absolute Gasteiger partial charge is 0.224 e. The molecule has 0 aliphatic rings. The second-order valence-electron chi connectivity index (χ2n) is 4.13. The Bertz CT molecular complexity index is 508. The molecule has 3 nitrogen and oxygen atoms in total. The third-order valence-corrected chi connectivity index (χ3v) is 2.89. The summed E-state index contributed by atoms with van der Waals surface area (Å²) in [5, 5.41) is 3.62. The molecule has 0 aliphatic carbocycles. The molecule has 94 valence electrons. The van der Waals surface area contributed by atoms with Crippen LogP contribution in [0, 0.1) is 0 Å². The van der Waals surface area contributed by atoms with Crippen molar-refractivity contribution in [3.8, 4) is 0 Å². The lowest BCUT2D eigenvalue weighted by Gasteiger charge is -2.05. The summed E-state index contributed by atoms with van der Waals surface area (Å²) in [6, 6.07) is 9.58. The third-order valence-electron chi connectivity index (χ3n) is 2.65. The molecule has 0 aliphatic heterocycles. The van der Waals surface area contributed by atoms with E-state index >= 15 is 0 Å². The number of carbonyl (C=O) groups is 1. The van der Waals surface area contributed by atoms with Crippen LogP contribution in [-0.2, 0) is 17.6 Å². The molecule has 0 saturated carbocycles. The number of carbonyl (C=O) groups excluding carboxylic acids is 1. The summed E-state index contributed by atoms with van der Waals surface area (Å²) >= 11 is 5.89. The normalized spacial score (nSPS) is 10.3. The molecule has 1 amide bonds. The Morgan fingerprint density at radius 1 is 1.28 bits per heavy atom. The Labute approximate surface area is 111 Å². The first kappa shape index (κ1) is 12.7. The van der Waals surface area contributed by atoms with Crippen molar-refractivity contribution in [2.24, 2.45) is 0 Å². The van der Waals surface area contributed by atoms with Crippen molar-refractivity contribution in [2.45, 2.75) is 12.8 Å². The molecule has 1 heterocycles. The molecule has 2 N–H and O–H groups in total. The predicted molar refractivity (Wildman–Crippen MR) is 72.7 cm³/mol. The molecule has 0 fully saturated rings. The van der Waals surface area contributed by atoms with E-state index in [1.165, 1.54) is 0 Å². The van der Waals surface area contributed by atoms with Gasteiger partial charge < -0.3 is 10.3 Å². The van der Waals surface area contributed by atoms with Crippen LogP contribution in [0.25, 0.3) is 0 Å². The number of halogens is 1. The Balaban J connectivity index is 1.73. The molecule has 2 aromatic rings. The first-order chi connectivity index (χ1) is 8.74. The molecule has 0 radical (unpaired) electrons. The molecular formula is C14H15ClN2O. The summed E-state index contributed by atoms with van der Waals surface area (Å²) < 4.78 is 0. The molecule has 2 rings (SSSR count). The number of aromatic amines is 1. The first-order valence-corrected chi connectivity index (χ1v) is 6.24. The fourth-order valence-corrected chi connectivity index (χ4v) is 1.97. The minimum atomic E-state index is 0.0385. The van der Waals surface area contributed by atoms with Crippen molar-refractivity contribution in [1.29, 1.82) is 0 Å². The van der Waals surface area contributed by atoms with E-state index in [1.807, 2.05) is 42.7 Å². The van der Waals surface area contributed by atoms with Crippen LogP contribution in [0.3, 0.4) is 0 Å². The number of hydrogen-bond acceptors (Lipinski definition) is 1. The molecule has 0 atom stereocenters. The quantitative estimate of drug-likeness (QED) is 0.855. The Kier molecular flexibility index (Phi) is 4.42. The van der Waals surface area contributed by atoms with Gasteiger partial charge in [0.15, 0.2) is 0 Å². The summed E-state index contributed by atoms with van der Waals surface area (Å²) in [4.78, 5) is 14.5. The summed E-state index contributed by atoms with van der Waals surface area (Å²) in [5.41, 5.74) is 2.12. The molecule has 0 spiro atoms. The zero-order chi connectivity index (χ0) is 12.8. The van der Waals surface area contributed by atoms with Crippen molar-refractivity contribution in [3.05, 3.63) is 58.9 Å².